The Labute approximate surface area is 107 Å². The molecule has 0 aliphatic carbocycles. The molecule has 0 unspecified atom stereocenters. The zero-order valence-corrected chi connectivity index (χ0v) is 10.8. The summed E-state index contributed by atoms with van der Waals surface area (Å²) in [4.78, 5) is 4.10. The number of hydrogen-bond donors (Lipinski definition) is 2. The molecule has 94 valence electrons. The maximum absolute atomic E-state index is 5.09. The van der Waals surface area contributed by atoms with Gasteiger partial charge < -0.3 is 20.1 Å². The lowest BCUT2D eigenvalue weighted by Crippen LogP contribution is -2.36. The lowest BCUT2D eigenvalue weighted by atomic mass is 10.3. The summed E-state index contributed by atoms with van der Waals surface area (Å²) >= 11 is 5.09. The van der Waals surface area contributed by atoms with E-state index in [1.807, 2.05) is 12.1 Å². The van der Waals surface area contributed by atoms with Crippen molar-refractivity contribution in [2.75, 3.05) is 27.4 Å². The summed E-state index contributed by atoms with van der Waals surface area (Å²) in [7, 11) is 3.25. The van der Waals surface area contributed by atoms with E-state index in [1.54, 1.807) is 20.4 Å². The average molecular weight is 255 g/mol. The summed E-state index contributed by atoms with van der Waals surface area (Å²) in [6.45, 7) is 1.96. The first kappa shape index (κ1) is 13.7. The van der Waals surface area contributed by atoms with Gasteiger partial charge >= 0.3 is 0 Å². The number of thiocarbonyl (C=S) groups is 1. The van der Waals surface area contributed by atoms with Gasteiger partial charge in [-0.25, -0.2) is 4.98 Å². The molecule has 0 aromatic carbocycles. The number of aromatic nitrogens is 1. The highest BCUT2D eigenvalue weighted by molar-refractivity contribution is 7.80. The molecule has 0 fully saturated rings. The van der Waals surface area contributed by atoms with Crippen molar-refractivity contribution in [3.63, 3.8) is 0 Å². The zero-order chi connectivity index (χ0) is 12.5. The molecule has 1 heterocycles. The van der Waals surface area contributed by atoms with Crippen molar-refractivity contribution in [1.82, 2.24) is 15.6 Å². The molecule has 1 aromatic heterocycles. The summed E-state index contributed by atoms with van der Waals surface area (Å²) in [5.41, 5.74) is 1.04. The van der Waals surface area contributed by atoms with Crippen LogP contribution >= 0.6 is 12.2 Å². The van der Waals surface area contributed by atoms with Crippen molar-refractivity contribution in [1.29, 1.82) is 0 Å². The Morgan fingerprint density at radius 2 is 2.18 bits per heavy atom. The summed E-state index contributed by atoms with van der Waals surface area (Å²) in [6, 6.07) is 3.76. The molecule has 0 radical (unpaired) electrons. The normalized spacial score (nSPS) is 9.76. The van der Waals surface area contributed by atoms with Gasteiger partial charge in [0.2, 0.25) is 5.88 Å². The molecule has 0 amide bonds. The van der Waals surface area contributed by atoms with Crippen molar-refractivity contribution in [2.24, 2.45) is 0 Å². The van der Waals surface area contributed by atoms with Gasteiger partial charge in [0, 0.05) is 32.5 Å². The molecule has 6 heteroatoms. The minimum Gasteiger partial charge on any atom is -0.481 e. The quantitative estimate of drug-likeness (QED) is 0.576. The van der Waals surface area contributed by atoms with Gasteiger partial charge in [-0.05, 0) is 17.8 Å². The standard InChI is InChI=1S/C11H17N3O2S/c1-15-6-5-12-11(17)14-8-9-3-4-10(16-2)13-7-9/h3-4,7H,5-6,8H2,1-2H3,(H2,12,14,17). The van der Waals surface area contributed by atoms with Gasteiger partial charge in [0.05, 0.1) is 13.7 Å². The first-order chi connectivity index (χ1) is 8.26. The van der Waals surface area contributed by atoms with Crippen molar-refractivity contribution in [3.8, 4) is 5.88 Å². The van der Waals surface area contributed by atoms with E-state index in [0.29, 0.717) is 30.7 Å². The second-order valence-corrected chi connectivity index (χ2v) is 3.72. The monoisotopic (exact) mass is 255 g/mol. The molecule has 0 aliphatic rings. The molecule has 0 saturated carbocycles. The summed E-state index contributed by atoms with van der Waals surface area (Å²) in [5.74, 6) is 0.606. The number of rotatable bonds is 6. The largest absolute Gasteiger partial charge is 0.481 e. The van der Waals surface area contributed by atoms with E-state index in [0.717, 1.165) is 5.56 Å². The van der Waals surface area contributed by atoms with E-state index in [4.69, 9.17) is 21.7 Å². The highest BCUT2D eigenvalue weighted by Crippen LogP contribution is 2.05. The molecule has 5 nitrogen and oxygen atoms in total. The second-order valence-electron chi connectivity index (χ2n) is 3.31. The second kappa shape index (κ2) is 7.81. The Hall–Kier alpha value is -1.40. The Morgan fingerprint density at radius 1 is 1.35 bits per heavy atom. The first-order valence-electron chi connectivity index (χ1n) is 5.26. The Balaban J connectivity index is 2.27. The van der Waals surface area contributed by atoms with Gasteiger partial charge in [0.1, 0.15) is 0 Å². The Morgan fingerprint density at radius 3 is 2.76 bits per heavy atom. The predicted octanol–water partition coefficient (Wildman–Crippen LogP) is 0.701. The van der Waals surface area contributed by atoms with E-state index in [2.05, 4.69) is 15.6 Å². The van der Waals surface area contributed by atoms with Crippen LogP contribution in [0.5, 0.6) is 5.88 Å². The number of nitrogens with one attached hydrogen (secondary N) is 2. The Kier molecular flexibility index (Phi) is 6.27. The van der Waals surface area contributed by atoms with Crippen LogP contribution in [-0.2, 0) is 11.3 Å². The molecule has 17 heavy (non-hydrogen) atoms. The van der Waals surface area contributed by atoms with Crippen LogP contribution in [-0.4, -0.2) is 37.5 Å². The highest BCUT2D eigenvalue weighted by atomic mass is 32.1. The number of nitrogens with zero attached hydrogens (tertiary/aromatic N) is 1. The number of methoxy groups -OCH3 is 2. The number of ether oxygens (including phenoxy) is 2. The van der Waals surface area contributed by atoms with Crippen LogP contribution in [0.3, 0.4) is 0 Å². The van der Waals surface area contributed by atoms with Crippen molar-refractivity contribution in [3.05, 3.63) is 23.9 Å². The van der Waals surface area contributed by atoms with Crippen LogP contribution in [0, 0.1) is 0 Å². The maximum Gasteiger partial charge on any atom is 0.212 e. The third kappa shape index (κ3) is 5.46. The van der Waals surface area contributed by atoms with Crippen LogP contribution in [0.2, 0.25) is 0 Å². The summed E-state index contributed by atoms with van der Waals surface area (Å²) in [5, 5.41) is 6.72. The van der Waals surface area contributed by atoms with Crippen molar-refractivity contribution in [2.45, 2.75) is 6.54 Å². The number of pyridine rings is 1. The summed E-state index contributed by atoms with van der Waals surface area (Å²) < 4.78 is 9.88. The molecule has 2 N–H and O–H groups in total. The Bertz CT molecular complexity index is 343. The fraction of sp³-hybridized carbons (Fsp3) is 0.455. The van der Waals surface area contributed by atoms with Crippen LogP contribution in [0.4, 0.5) is 0 Å². The minimum atomic E-state index is 0.606. The van der Waals surface area contributed by atoms with Crippen molar-refractivity contribution < 1.29 is 9.47 Å². The average Bonchev–Trinajstić information content (AvgIpc) is 2.37. The smallest absolute Gasteiger partial charge is 0.212 e. The highest BCUT2D eigenvalue weighted by Gasteiger charge is 1.97. The van der Waals surface area contributed by atoms with Gasteiger partial charge in [0.25, 0.3) is 0 Å². The van der Waals surface area contributed by atoms with Crippen LogP contribution < -0.4 is 15.4 Å². The molecule has 0 saturated heterocycles. The maximum atomic E-state index is 5.09. The van der Waals surface area contributed by atoms with Gasteiger partial charge in [-0.1, -0.05) is 6.07 Å². The SMILES string of the molecule is COCCNC(=S)NCc1ccc(OC)nc1. The fourth-order valence-electron chi connectivity index (χ4n) is 1.15. The van der Waals surface area contributed by atoms with Crippen LogP contribution in [0.25, 0.3) is 0 Å². The molecule has 0 aliphatic heterocycles. The van der Waals surface area contributed by atoms with Gasteiger partial charge in [-0.3, -0.25) is 0 Å². The van der Waals surface area contributed by atoms with Crippen molar-refractivity contribution >= 4 is 17.3 Å². The van der Waals surface area contributed by atoms with Gasteiger partial charge in [0.15, 0.2) is 5.11 Å². The zero-order valence-electron chi connectivity index (χ0n) is 10.0. The topological polar surface area (TPSA) is 55.4 Å². The van der Waals surface area contributed by atoms with E-state index in [1.165, 1.54) is 0 Å². The van der Waals surface area contributed by atoms with E-state index < -0.39 is 0 Å². The molecule has 0 atom stereocenters. The number of hydrogen-bond acceptors (Lipinski definition) is 4. The van der Waals surface area contributed by atoms with Crippen LogP contribution in [0.15, 0.2) is 18.3 Å². The minimum absolute atomic E-state index is 0.606. The van der Waals surface area contributed by atoms with E-state index in [9.17, 15) is 0 Å². The molecule has 0 bridgehead atoms. The van der Waals surface area contributed by atoms with Gasteiger partial charge in [-0.2, -0.15) is 0 Å². The van der Waals surface area contributed by atoms with E-state index >= 15 is 0 Å². The van der Waals surface area contributed by atoms with E-state index in [-0.39, 0.29) is 0 Å². The molecule has 1 rings (SSSR count). The molecule has 1 aromatic rings. The molecular formula is C11H17N3O2S. The lowest BCUT2D eigenvalue weighted by Gasteiger charge is -2.10. The fourth-order valence-corrected chi connectivity index (χ4v) is 1.32. The first-order valence-corrected chi connectivity index (χ1v) is 5.66. The van der Waals surface area contributed by atoms with Gasteiger partial charge in [-0.15, -0.1) is 0 Å². The third-order valence-electron chi connectivity index (χ3n) is 2.05. The van der Waals surface area contributed by atoms with Crippen LogP contribution in [0.1, 0.15) is 5.56 Å². The molecule has 0 spiro atoms. The summed E-state index contributed by atoms with van der Waals surface area (Å²) in [6.07, 6.45) is 1.75. The third-order valence-corrected chi connectivity index (χ3v) is 2.34. The predicted molar refractivity (Wildman–Crippen MR) is 70.1 cm³/mol. The molecular weight excluding hydrogens is 238 g/mol. The lowest BCUT2D eigenvalue weighted by molar-refractivity contribution is 0.204.